The first-order valence-corrected chi connectivity index (χ1v) is 10.8. The molecule has 0 aliphatic heterocycles. The summed E-state index contributed by atoms with van der Waals surface area (Å²) in [5, 5.41) is 10.7. The fourth-order valence-corrected chi connectivity index (χ4v) is 3.79. The summed E-state index contributed by atoms with van der Waals surface area (Å²) in [5.74, 6) is 0.239. The van der Waals surface area contributed by atoms with E-state index in [1.54, 1.807) is 6.07 Å². The molecule has 0 heterocycles. The number of hydrogen-bond donors (Lipinski definition) is 3. The van der Waals surface area contributed by atoms with Crippen molar-refractivity contribution in [1.29, 1.82) is 0 Å². The van der Waals surface area contributed by atoms with Crippen LogP contribution in [0.5, 0.6) is 0 Å². The van der Waals surface area contributed by atoms with E-state index in [2.05, 4.69) is 22.2 Å². The van der Waals surface area contributed by atoms with E-state index in [1.807, 2.05) is 18.2 Å². The largest absolute Gasteiger partial charge is 0.122 e. The van der Waals surface area contributed by atoms with Crippen LogP contribution in [0.1, 0.15) is 18.1 Å². The van der Waals surface area contributed by atoms with Gasteiger partial charge in [-0.15, -0.1) is 11.6 Å². The second kappa shape index (κ2) is 9.67. The molecule has 0 spiro atoms. The van der Waals surface area contributed by atoms with Gasteiger partial charge in [0.15, 0.2) is 0 Å². The van der Waals surface area contributed by atoms with Crippen molar-refractivity contribution in [1.82, 2.24) is 0 Å². The zero-order chi connectivity index (χ0) is 18.2. The van der Waals surface area contributed by atoms with Crippen molar-refractivity contribution in [3.8, 4) is 0 Å². The van der Waals surface area contributed by atoms with Crippen LogP contribution in [0.25, 0.3) is 0 Å². The standard InChI is InChI=1S/C8H10AsNO5.C8H9Cl/c1-6(11)10-8-5-3-2-4-7(8)9(12,13)15-14;1-7-4-2-3-5-8(7)6-9/h2-5,14H,1H3,(H,10,11)(H,12,13);2-5H,6H2,1H3. The number of carbonyl (C=O) groups is 1. The number of amides is 1. The Morgan fingerprint density at radius 3 is 2.29 bits per heavy atom. The quantitative estimate of drug-likeness (QED) is 0.308. The topological polar surface area (TPSA) is 95.9 Å². The van der Waals surface area contributed by atoms with Crippen molar-refractivity contribution < 1.29 is 21.8 Å². The first-order chi connectivity index (χ1) is 11.3. The number of benzene rings is 2. The van der Waals surface area contributed by atoms with Gasteiger partial charge in [-0.25, -0.2) is 0 Å². The van der Waals surface area contributed by atoms with Gasteiger partial charge in [0.2, 0.25) is 0 Å². The number of hydrogen-bond acceptors (Lipinski definition) is 4. The molecule has 1 atom stereocenters. The molecular formula is C16H19AsClNO5. The van der Waals surface area contributed by atoms with Gasteiger partial charge < -0.3 is 0 Å². The molecule has 0 saturated carbocycles. The fraction of sp³-hybridized carbons (Fsp3) is 0.188. The summed E-state index contributed by atoms with van der Waals surface area (Å²) in [6.45, 7) is 3.34. The third kappa shape index (κ3) is 6.15. The van der Waals surface area contributed by atoms with E-state index in [0.717, 1.165) is 0 Å². The van der Waals surface area contributed by atoms with Gasteiger partial charge >= 0.3 is 88.4 Å². The SMILES string of the molecule is CC(=O)Nc1ccccc1[As](=O)(O)OO.Cc1ccccc1CCl. The fourth-order valence-electron chi connectivity index (χ4n) is 1.82. The minimum atomic E-state index is -4.92. The third-order valence-electron chi connectivity index (χ3n) is 3.04. The molecule has 2 aromatic carbocycles. The normalized spacial score (nSPS) is 12.5. The number of rotatable bonds is 4. The molecule has 1 amide bonds. The summed E-state index contributed by atoms with van der Waals surface area (Å²) < 4.78 is 24.1. The number of nitrogens with one attached hydrogen (secondary N) is 1. The smallest absolute Gasteiger partial charge is 0.0476 e. The van der Waals surface area contributed by atoms with Crippen LogP contribution < -0.4 is 9.67 Å². The molecule has 6 nitrogen and oxygen atoms in total. The summed E-state index contributed by atoms with van der Waals surface area (Å²) in [5.41, 5.74) is 2.65. The molecule has 3 N–H and O–H groups in total. The summed E-state index contributed by atoms with van der Waals surface area (Å²) in [7, 11) is 0. The van der Waals surface area contributed by atoms with E-state index in [1.165, 1.54) is 36.2 Å². The van der Waals surface area contributed by atoms with E-state index >= 15 is 0 Å². The molecule has 2 aromatic rings. The van der Waals surface area contributed by atoms with Crippen LogP contribution in [0.3, 0.4) is 0 Å². The summed E-state index contributed by atoms with van der Waals surface area (Å²) in [4.78, 5) is 10.8. The average molecular weight is 416 g/mol. The Balaban J connectivity index is 0.000000272. The van der Waals surface area contributed by atoms with E-state index in [9.17, 15) is 12.6 Å². The Kier molecular flexibility index (Phi) is 8.25. The van der Waals surface area contributed by atoms with Crippen LogP contribution in [0.2, 0.25) is 0 Å². The van der Waals surface area contributed by atoms with E-state index < -0.39 is 14.2 Å². The summed E-state index contributed by atoms with van der Waals surface area (Å²) in [6, 6.07) is 14.0. The molecule has 0 fully saturated rings. The van der Waals surface area contributed by atoms with Crippen LogP contribution >= 0.6 is 11.6 Å². The van der Waals surface area contributed by atoms with Gasteiger partial charge in [-0.05, 0) is 18.1 Å². The predicted octanol–water partition coefficient (Wildman–Crippen LogP) is 2.44. The minimum absolute atomic E-state index is 0.103. The molecule has 0 aliphatic carbocycles. The van der Waals surface area contributed by atoms with Gasteiger partial charge in [-0.1, -0.05) is 24.3 Å². The number of para-hydroxylation sites is 1. The monoisotopic (exact) mass is 415 g/mol. The molecule has 130 valence electrons. The molecule has 0 bridgehead atoms. The minimum Gasteiger partial charge on any atom is -0.122 e. The molecule has 2 rings (SSSR count). The number of anilines is 1. The van der Waals surface area contributed by atoms with Gasteiger partial charge in [-0.3, -0.25) is 0 Å². The van der Waals surface area contributed by atoms with E-state index in [4.69, 9.17) is 16.9 Å². The second-order valence-electron chi connectivity index (χ2n) is 4.86. The Morgan fingerprint density at radius 2 is 1.79 bits per heavy atom. The zero-order valence-electron chi connectivity index (χ0n) is 13.3. The maximum atomic E-state index is 11.4. The Labute approximate surface area is 148 Å². The number of aryl methyl sites for hydroxylation is 1. The van der Waals surface area contributed by atoms with Crippen LogP contribution in [-0.2, 0) is 18.3 Å². The summed E-state index contributed by atoms with van der Waals surface area (Å²) in [6.07, 6.45) is 0. The molecular weight excluding hydrogens is 397 g/mol. The molecule has 0 aromatic heterocycles. The van der Waals surface area contributed by atoms with Crippen LogP contribution in [0, 0.1) is 6.92 Å². The Hall–Kier alpha value is -1.56. The van der Waals surface area contributed by atoms with Crippen LogP contribution in [0.15, 0.2) is 48.5 Å². The van der Waals surface area contributed by atoms with Gasteiger partial charge in [0.05, 0.1) is 0 Å². The zero-order valence-corrected chi connectivity index (χ0v) is 15.9. The molecule has 0 aliphatic rings. The number of halogens is 1. The maximum Gasteiger partial charge on any atom is 0.0476 e. The van der Waals surface area contributed by atoms with Crippen molar-refractivity contribution >= 4 is 41.7 Å². The molecule has 1 unspecified atom stereocenters. The number of carbonyl (C=O) groups excluding carboxylic acids is 1. The van der Waals surface area contributed by atoms with Crippen molar-refractivity contribution in [2.24, 2.45) is 0 Å². The van der Waals surface area contributed by atoms with Gasteiger partial charge in [0.1, 0.15) is 0 Å². The van der Waals surface area contributed by atoms with Crippen LogP contribution in [0.4, 0.5) is 5.69 Å². The van der Waals surface area contributed by atoms with Gasteiger partial charge in [-0.2, -0.15) is 0 Å². The second-order valence-corrected chi connectivity index (χ2v) is 8.66. The average Bonchev–Trinajstić information content (AvgIpc) is 2.56. The van der Waals surface area contributed by atoms with Crippen molar-refractivity contribution in [3.63, 3.8) is 0 Å². The van der Waals surface area contributed by atoms with Crippen molar-refractivity contribution in [3.05, 3.63) is 59.7 Å². The first-order valence-electron chi connectivity index (χ1n) is 6.95. The molecule has 0 saturated heterocycles. The van der Waals surface area contributed by atoms with E-state index in [-0.39, 0.29) is 15.9 Å². The van der Waals surface area contributed by atoms with Crippen molar-refractivity contribution in [2.45, 2.75) is 19.7 Å². The third-order valence-corrected chi connectivity index (χ3v) is 5.88. The van der Waals surface area contributed by atoms with Gasteiger partial charge in [0, 0.05) is 5.88 Å². The molecule has 24 heavy (non-hydrogen) atoms. The van der Waals surface area contributed by atoms with Gasteiger partial charge in [0.25, 0.3) is 0 Å². The predicted molar refractivity (Wildman–Crippen MR) is 93.5 cm³/mol. The Bertz CT molecular complexity index is 738. The molecule has 0 radical (unpaired) electrons. The van der Waals surface area contributed by atoms with E-state index in [0.29, 0.717) is 5.88 Å². The summed E-state index contributed by atoms with van der Waals surface area (Å²) >= 11 is 0.708. The molecule has 8 heteroatoms. The maximum absolute atomic E-state index is 11.4. The first kappa shape index (κ1) is 20.5. The van der Waals surface area contributed by atoms with Crippen LogP contribution in [-0.4, -0.2) is 29.4 Å². The Morgan fingerprint density at radius 1 is 1.21 bits per heavy atom. The van der Waals surface area contributed by atoms with Crippen molar-refractivity contribution in [2.75, 3.05) is 5.32 Å². The number of alkyl halides is 1.